The molecule has 0 atom stereocenters. The van der Waals surface area contributed by atoms with Gasteiger partial charge in [0, 0.05) is 13.1 Å². The Balaban J connectivity index is 1.65. The van der Waals surface area contributed by atoms with E-state index in [1.54, 1.807) is 12.0 Å². The van der Waals surface area contributed by atoms with Crippen molar-refractivity contribution in [1.82, 2.24) is 4.90 Å². The van der Waals surface area contributed by atoms with E-state index in [4.69, 9.17) is 9.47 Å². The summed E-state index contributed by atoms with van der Waals surface area (Å²) in [5, 5.41) is 2.12. The molecular weight excluding hydrogens is 326 g/mol. The number of hydrogen-bond donors (Lipinski definition) is 0. The van der Waals surface area contributed by atoms with E-state index in [0.717, 1.165) is 22.1 Å². The van der Waals surface area contributed by atoms with Crippen LogP contribution < -0.4 is 9.47 Å². The number of nitrogens with zero attached hydrogens (tertiary/aromatic N) is 1. The highest BCUT2D eigenvalue weighted by Crippen LogP contribution is 2.25. The maximum Gasteiger partial charge on any atom is 0.260 e. The Morgan fingerprint density at radius 3 is 2.31 bits per heavy atom. The molecule has 3 rings (SSSR count). The Morgan fingerprint density at radius 1 is 0.923 bits per heavy atom. The van der Waals surface area contributed by atoms with Gasteiger partial charge in [0.2, 0.25) is 0 Å². The number of hydrogen-bond acceptors (Lipinski definition) is 3. The van der Waals surface area contributed by atoms with Crippen LogP contribution in [0.3, 0.4) is 0 Å². The first-order valence-corrected chi connectivity index (χ1v) is 8.72. The number of amides is 1. The van der Waals surface area contributed by atoms with E-state index < -0.39 is 0 Å². The van der Waals surface area contributed by atoms with Gasteiger partial charge in [-0.3, -0.25) is 4.79 Å². The molecule has 1 amide bonds. The third-order valence-corrected chi connectivity index (χ3v) is 4.33. The summed E-state index contributed by atoms with van der Waals surface area (Å²) in [6.07, 6.45) is 0. The first-order chi connectivity index (χ1) is 12.7. The quantitative estimate of drug-likeness (QED) is 0.639. The summed E-state index contributed by atoms with van der Waals surface area (Å²) in [4.78, 5) is 14.3. The van der Waals surface area contributed by atoms with Gasteiger partial charge in [-0.1, -0.05) is 42.5 Å². The summed E-state index contributed by atoms with van der Waals surface area (Å²) in [6.45, 7) is 3.24. The summed E-state index contributed by atoms with van der Waals surface area (Å²) in [7, 11) is 1.65. The Hall–Kier alpha value is -3.01. The number of rotatable bonds is 7. The number of fused-ring (bicyclic) bond motifs is 1. The van der Waals surface area contributed by atoms with Crippen molar-refractivity contribution in [3.05, 3.63) is 72.3 Å². The average molecular weight is 349 g/mol. The second kappa shape index (κ2) is 8.39. The highest BCUT2D eigenvalue weighted by atomic mass is 16.5. The molecular formula is C22H23NO3. The molecule has 0 heterocycles. The third kappa shape index (κ3) is 4.33. The van der Waals surface area contributed by atoms with Crippen molar-refractivity contribution in [3.8, 4) is 11.5 Å². The SMILES string of the molecule is CCN(Cc1ccccc1)C(=O)COc1ccc2ccc(OC)cc2c1. The molecule has 3 aromatic rings. The molecule has 0 aliphatic carbocycles. The van der Waals surface area contributed by atoms with Gasteiger partial charge in [0.25, 0.3) is 5.91 Å². The molecule has 0 aromatic heterocycles. The fourth-order valence-corrected chi connectivity index (χ4v) is 2.84. The molecule has 0 aliphatic rings. The predicted molar refractivity (Wildman–Crippen MR) is 104 cm³/mol. The average Bonchev–Trinajstić information content (AvgIpc) is 2.70. The molecule has 0 saturated heterocycles. The summed E-state index contributed by atoms with van der Waals surface area (Å²) in [5.74, 6) is 1.45. The van der Waals surface area contributed by atoms with E-state index in [0.29, 0.717) is 18.8 Å². The van der Waals surface area contributed by atoms with Crippen molar-refractivity contribution < 1.29 is 14.3 Å². The topological polar surface area (TPSA) is 38.8 Å². The molecule has 3 aromatic carbocycles. The normalized spacial score (nSPS) is 10.5. The molecule has 0 fully saturated rings. The first kappa shape index (κ1) is 17.8. The van der Waals surface area contributed by atoms with Crippen LogP contribution in [0.25, 0.3) is 10.8 Å². The largest absolute Gasteiger partial charge is 0.497 e. The summed E-state index contributed by atoms with van der Waals surface area (Å²) < 4.78 is 11.0. The minimum absolute atomic E-state index is 0.0240. The minimum atomic E-state index is -0.0258. The monoisotopic (exact) mass is 349 g/mol. The second-order valence-electron chi connectivity index (χ2n) is 6.06. The minimum Gasteiger partial charge on any atom is -0.497 e. The lowest BCUT2D eigenvalue weighted by atomic mass is 10.1. The van der Waals surface area contributed by atoms with Crippen LogP contribution in [0.5, 0.6) is 11.5 Å². The molecule has 0 spiro atoms. The van der Waals surface area contributed by atoms with E-state index in [1.807, 2.05) is 73.7 Å². The molecule has 4 heteroatoms. The smallest absolute Gasteiger partial charge is 0.260 e. The van der Waals surface area contributed by atoms with Crippen molar-refractivity contribution in [2.75, 3.05) is 20.3 Å². The number of benzene rings is 3. The van der Waals surface area contributed by atoms with Crippen molar-refractivity contribution in [2.45, 2.75) is 13.5 Å². The lowest BCUT2D eigenvalue weighted by Gasteiger charge is -2.21. The number of methoxy groups -OCH3 is 1. The summed E-state index contributed by atoms with van der Waals surface area (Å²) >= 11 is 0. The van der Waals surface area contributed by atoms with Gasteiger partial charge >= 0.3 is 0 Å². The number of likely N-dealkylation sites (N-methyl/N-ethyl adjacent to an activating group) is 1. The third-order valence-electron chi connectivity index (χ3n) is 4.33. The molecule has 0 radical (unpaired) electrons. The lowest BCUT2D eigenvalue weighted by molar-refractivity contribution is -0.133. The van der Waals surface area contributed by atoms with Crippen LogP contribution in [0.2, 0.25) is 0 Å². The van der Waals surface area contributed by atoms with Gasteiger partial charge in [0.15, 0.2) is 6.61 Å². The second-order valence-corrected chi connectivity index (χ2v) is 6.06. The Morgan fingerprint density at radius 2 is 1.62 bits per heavy atom. The van der Waals surface area contributed by atoms with E-state index in [1.165, 1.54) is 0 Å². The zero-order valence-corrected chi connectivity index (χ0v) is 15.1. The van der Waals surface area contributed by atoms with Crippen molar-refractivity contribution in [2.24, 2.45) is 0 Å². The molecule has 26 heavy (non-hydrogen) atoms. The van der Waals surface area contributed by atoms with Gasteiger partial charge in [0.05, 0.1) is 7.11 Å². The van der Waals surface area contributed by atoms with Crippen molar-refractivity contribution >= 4 is 16.7 Å². The maximum absolute atomic E-state index is 12.5. The van der Waals surface area contributed by atoms with Gasteiger partial charge in [-0.25, -0.2) is 0 Å². The Bertz CT molecular complexity index is 877. The fourth-order valence-electron chi connectivity index (χ4n) is 2.84. The number of carbonyl (C=O) groups excluding carboxylic acids is 1. The van der Waals surface area contributed by atoms with E-state index in [9.17, 15) is 4.79 Å². The maximum atomic E-state index is 12.5. The molecule has 0 bridgehead atoms. The van der Waals surface area contributed by atoms with Crippen LogP contribution >= 0.6 is 0 Å². The van der Waals surface area contributed by atoms with Crippen molar-refractivity contribution in [1.29, 1.82) is 0 Å². The van der Waals surface area contributed by atoms with E-state index in [-0.39, 0.29) is 12.5 Å². The zero-order chi connectivity index (χ0) is 18.4. The Labute approximate surface area is 154 Å². The molecule has 0 N–H and O–H groups in total. The molecule has 0 unspecified atom stereocenters. The lowest BCUT2D eigenvalue weighted by Crippen LogP contribution is -2.34. The highest BCUT2D eigenvalue weighted by Gasteiger charge is 2.13. The first-order valence-electron chi connectivity index (χ1n) is 8.72. The zero-order valence-electron chi connectivity index (χ0n) is 15.1. The predicted octanol–water partition coefficient (Wildman–Crippen LogP) is 4.28. The van der Waals surface area contributed by atoms with Crippen LogP contribution in [0.15, 0.2) is 66.7 Å². The Kier molecular flexibility index (Phi) is 5.74. The van der Waals surface area contributed by atoms with Gasteiger partial charge in [-0.05, 0) is 47.5 Å². The van der Waals surface area contributed by atoms with Crippen molar-refractivity contribution in [3.63, 3.8) is 0 Å². The highest BCUT2D eigenvalue weighted by molar-refractivity contribution is 5.85. The number of carbonyl (C=O) groups is 1. The van der Waals surface area contributed by atoms with E-state index in [2.05, 4.69) is 0 Å². The van der Waals surface area contributed by atoms with Crippen LogP contribution in [-0.2, 0) is 11.3 Å². The molecule has 0 saturated carbocycles. The molecule has 134 valence electrons. The fraction of sp³-hybridized carbons (Fsp3) is 0.227. The van der Waals surface area contributed by atoms with Gasteiger partial charge in [-0.15, -0.1) is 0 Å². The van der Waals surface area contributed by atoms with Gasteiger partial charge in [0.1, 0.15) is 11.5 Å². The van der Waals surface area contributed by atoms with Crippen LogP contribution in [-0.4, -0.2) is 31.1 Å². The van der Waals surface area contributed by atoms with Gasteiger partial charge in [-0.2, -0.15) is 0 Å². The van der Waals surface area contributed by atoms with Crippen LogP contribution in [0, 0.1) is 0 Å². The van der Waals surface area contributed by atoms with Crippen LogP contribution in [0.4, 0.5) is 0 Å². The van der Waals surface area contributed by atoms with Gasteiger partial charge < -0.3 is 14.4 Å². The molecule has 0 aliphatic heterocycles. The summed E-state index contributed by atoms with van der Waals surface area (Å²) in [5.41, 5.74) is 1.11. The number of ether oxygens (including phenoxy) is 2. The standard InChI is InChI=1S/C22H23NO3/c1-3-23(15-17-7-5-4-6-8-17)22(24)16-26-21-12-10-18-9-11-20(25-2)13-19(18)14-21/h4-14H,3,15-16H2,1-2H3. The molecule has 4 nitrogen and oxygen atoms in total. The van der Waals surface area contributed by atoms with E-state index >= 15 is 0 Å². The summed E-state index contributed by atoms with van der Waals surface area (Å²) in [6, 6.07) is 21.7. The van der Waals surface area contributed by atoms with Crippen LogP contribution in [0.1, 0.15) is 12.5 Å².